The van der Waals surface area contributed by atoms with Crippen LogP contribution in [0.4, 0.5) is 0 Å². The molecule has 106 valence electrons. The molecule has 1 fully saturated rings. The number of thioether (sulfide) groups is 1. The Balaban J connectivity index is 2.37. The molecule has 0 saturated heterocycles. The van der Waals surface area contributed by atoms with Gasteiger partial charge in [-0.25, -0.2) is 0 Å². The Morgan fingerprint density at radius 1 is 1.44 bits per heavy atom. The first kappa shape index (κ1) is 15.8. The number of hydrogen-bond acceptors (Lipinski definition) is 4. The van der Waals surface area contributed by atoms with E-state index >= 15 is 0 Å². The van der Waals surface area contributed by atoms with E-state index in [0.29, 0.717) is 0 Å². The van der Waals surface area contributed by atoms with Crippen LogP contribution in [0.25, 0.3) is 0 Å². The van der Waals surface area contributed by atoms with Crippen LogP contribution in [0.5, 0.6) is 0 Å². The molecule has 0 radical (unpaired) electrons. The summed E-state index contributed by atoms with van der Waals surface area (Å²) in [5.41, 5.74) is -0.534. The highest BCUT2D eigenvalue weighted by Gasteiger charge is 2.33. The van der Waals surface area contributed by atoms with Crippen molar-refractivity contribution >= 4 is 17.7 Å². The van der Waals surface area contributed by atoms with Crippen LogP contribution < -0.4 is 5.32 Å². The molecule has 4 heteroatoms. The summed E-state index contributed by atoms with van der Waals surface area (Å²) in [6.45, 7) is 4.92. The van der Waals surface area contributed by atoms with Crippen molar-refractivity contribution in [2.75, 3.05) is 25.2 Å². The molecule has 0 aromatic heterocycles. The van der Waals surface area contributed by atoms with Gasteiger partial charge in [0.25, 0.3) is 0 Å². The molecule has 0 heterocycles. The minimum absolute atomic E-state index is 0.144. The molecule has 1 unspecified atom stereocenters. The summed E-state index contributed by atoms with van der Waals surface area (Å²) in [7, 11) is 1.47. The van der Waals surface area contributed by atoms with Crippen molar-refractivity contribution in [1.29, 1.82) is 0 Å². The van der Waals surface area contributed by atoms with E-state index in [1.54, 1.807) is 0 Å². The van der Waals surface area contributed by atoms with E-state index < -0.39 is 5.54 Å². The quantitative estimate of drug-likeness (QED) is 0.690. The minimum atomic E-state index is -0.534. The largest absolute Gasteiger partial charge is 0.468 e. The standard InChI is InChI=1S/C14H27NO2S/c1-4-9-15-14(2,13(16)17-3)11-18-10-12-7-5-6-8-12/h12,15H,4-11H2,1-3H3. The Hall–Kier alpha value is -0.220. The second-order valence-corrected chi connectivity index (χ2v) is 6.45. The van der Waals surface area contributed by atoms with Crippen LogP contribution in [0.15, 0.2) is 0 Å². The van der Waals surface area contributed by atoms with Gasteiger partial charge in [0.05, 0.1) is 7.11 Å². The maximum atomic E-state index is 11.9. The molecule has 1 N–H and O–H groups in total. The first-order valence-corrected chi connectivity index (χ1v) is 8.19. The van der Waals surface area contributed by atoms with E-state index in [1.165, 1.54) is 38.5 Å². The highest BCUT2D eigenvalue weighted by atomic mass is 32.2. The lowest BCUT2D eigenvalue weighted by Gasteiger charge is -2.28. The molecule has 18 heavy (non-hydrogen) atoms. The van der Waals surface area contributed by atoms with Crippen LogP contribution in [0.2, 0.25) is 0 Å². The second kappa shape index (κ2) is 8.05. The average molecular weight is 273 g/mol. The molecule has 1 atom stereocenters. The number of hydrogen-bond donors (Lipinski definition) is 1. The van der Waals surface area contributed by atoms with Crippen molar-refractivity contribution in [3.63, 3.8) is 0 Å². The lowest BCUT2D eigenvalue weighted by atomic mass is 10.1. The Labute approximate surface area is 115 Å². The Morgan fingerprint density at radius 3 is 2.67 bits per heavy atom. The summed E-state index contributed by atoms with van der Waals surface area (Å²) in [5.74, 6) is 2.70. The van der Waals surface area contributed by atoms with Gasteiger partial charge in [-0.05, 0) is 44.4 Å². The van der Waals surface area contributed by atoms with Crippen molar-refractivity contribution in [2.24, 2.45) is 5.92 Å². The summed E-state index contributed by atoms with van der Waals surface area (Å²) in [6.07, 6.45) is 6.52. The topological polar surface area (TPSA) is 38.3 Å². The van der Waals surface area contributed by atoms with Gasteiger partial charge in [0.1, 0.15) is 5.54 Å². The van der Waals surface area contributed by atoms with Gasteiger partial charge in [-0.2, -0.15) is 11.8 Å². The normalized spacial score (nSPS) is 19.7. The van der Waals surface area contributed by atoms with Crippen LogP contribution in [0, 0.1) is 5.92 Å². The Kier molecular flexibility index (Phi) is 7.08. The SMILES string of the molecule is CCCNC(C)(CSCC1CCCC1)C(=O)OC. The fourth-order valence-corrected chi connectivity index (χ4v) is 3.83. The number of methoxy groups -OCH3 is 1. The van der Waals surface area contributed by atoms with Gasteiger partial charge in [0, 0.05) is 5.75 Å². The minimum Gasteiger partial charge on any atom is -0.468 e. The molecule has 1 aliphatic carbocycles. The molecule has 1 saturated carbocycles. The predicted octanol–water partition coefficient (Wildman–Crippen LogP) is 2.84. The van der Waals surface area contributed by atoms with E-state index in [9.17, 15) is 4.79 Å². The fraction of sp³-hybridized carbons (Fsp3) is 0.929. The molecule has 1 aliphatic rings. The van der Waals surface area contributed by atoms with Crippen molar-refractivity contribution in [3.05, 3.63) is 0 Å². The van der Waals surface area contributed by atoms with Gasteiger partial charge in [0.15, 0.2) is 0 Å². The first-order valence-electron chi connectivity index (χ1n) is 7.03. The van der Waals surface area contributed by atoms with Crippen LogP contribution in [-0.4, -0.2) is 36.7 Å². The molecular formula is C14H27NO2S. The van der Waals surface area contributed by atoms with E-state index in [-0.39, 0.29) is 5.97 Å². The maximum absolute atomic E-state index is 11.9. The van der Waals surface area contributed by atoms with Crippen molar-refractivity contribution in [3.8, 4) is 0 Å². The zero-order chi connectivity index (χ0) is 13.4. The highest BCUT2D eigenvalue weighted by Crippen LogP contribution is 2.29. The molecule has 0 bridgehead atoms. The molecule has 1 rings (SSSR count). The lowest BCUT2D eigenvalue weighted by Crippen LogP contribution is -2.52. The third-order valence-corrected chi connectivity index (χ3v) is 5.11. The number of nitrogens with one attached hydrogen (secondary N) is 1. The van der Waals surface area contributed by atoms with E-state index in [1.807, 2.05) is 18.7 Å². The number of carbonyl (C=O) groups excluding carboxylic acids is 1. The van der Waals surface area contributed by atoms with Gasteiger partial charge in [-0.15, -0.1) is 0 Å². The molecule has 0 aromatic rings. The Bertz CT molecular complexity index is 254. The fourth-order valence-electron chi connectivity index (χ4n) is 2.42. The highest BCUT2D eigenvalue weighted by molar-refractivity contribution is 7.99. The molecular weight excluding hydrogens is 246 g/mol. The summed E-state index contributed by atoms with van der Waals surface area (Å²) >= 11 is 1.89. The van der Waals surface area contributed by atoms with Gasteiger partial charge in [-0.3, -0.25) is 4.79 Å². The van der Waals surface area contributed by atoms with Crippen molar-refractivity contribution in [1.82, 2.24) is 5.32 Å². The average Bonchev–Trinajstić information content (AvgIpc) is 2.88. The number of ether oxygens (including phenoxy) is 1. The summed E-state index contributed by atoms with van der Waals surface area (Å²) < 4.78 is 4.92. The van der Waals surface area contributed by atoms with Crippen LogP contribution in [0.1, 0.15) is 46.0 Å². The lowest BCUT2D eigenvalue weighted by molar-refractivity contribution is -0.146. The molecule has 0 aromatic carbocycles. The third kappa shape index (κ3) is 4.81. The number of rotatable bonds is 8. The monoisotopic (exact) mass is 273 g/mol. The van der Waals surface area contributed by atoms with Crippen LogP contribution >= 0.6 is 11.8 Å². The Morgan fingerprint density at radius 2 is 2.11 bits per heavy atom. The van der Waals surface area contributed by atoms with E-state index in [4.69, 9.17) is 4.74 Å². The van der Waals surface area contributed by atoms with Crippen molar-refractivity contribution in [2.45, 2.75) is 51.5 Å². The molecule has 0 aliphatic heterocycles. The zero-order valence-electron chi connectivity index (χ0n) is 12.0. The second-order valence-electron chi connectivity index (χ2n) is 5.42. The van der Waals surface area contributed by atoms with Crippen molar-refractivity contribution < 1.29 is 9.53 Å². The summed E-state index contributed by atoms with van der Waals surface area (Å²) in [4.78, 5) is 11.9. The third-order valence-electron chi connectivity index (χ3n) is 3.62. The molecule has 0 amide bonds. The van der Waals surface area contributed by atoms with Gasteiger partial charge in [0.2, 0.25) is 0 Å². The van der Waals surface area contributed by atoms with Gasteiger partial charge < -0.3 is 10.1 Å². The maximum Gasteiger partial charge on any atom is 0.326 e. The van der Waals surface area contributed by atoms with E-state index in [0.717, 1.165) is 24.6 Å². The van der Waals surface area contributed by atoms with Gasteiger partial charge >= 0.3 is 5.97 Å². The number of carbonyl (C=O) groups is 1. The smallest absolute Gasteiger partial charge is 0.326 e. The van der Waals surface area contributed by atoms with E-state index in [2.05, 4.69) is 12.2 Å². The predicted molar refractivity (Wildman–Crippen MR) is 78.0 cm³/mol. The summed E-state index contributed by atoms with van der Waals surface area (Å²) in [6, 6.07) is 0. The molecule has 0 spiro atoms. The first-order chi connectivity index (χ1) is 8.62. The molecule has 3 nitrogen and oxygen atoms in total. The number of esters is 1. The van der Waals surface area contributed by atoms with Crippen LogP contribution in [-0.2, 0) is 9.53 Å². The van der Waals surface area contributed by atoms with Crippen LogP contribution in [0.3, 0.4) is 0 Å². The van der Waals surface area contributed by atoms with Gasteiger partial charge in [-0.1, -0.05) is 19.8 Å². The zero-order valence-corrected chi connectivity index (χ0v) is 12.8. The summed E-state index contributed by atoms with van der Waals surface area (Å²) in [5, 5.41) is 3.33.